The quantitative estimate of drug-likeness (QED) is 0.753. The molecular weight excluding hydrogens is 388 g/mol. The zero-order valence-corrected chi connectivity index (χ0v) is 13.2. The summed E-state index contributed by atoms with van der Waals surface area (Å²) < 4.78 is 105. The van der Waals surface area contributed by atoms with E-state index in [-0.39, 0.29) is 0 Å². The smallest absolute Gasteiger partial charge is 0.394 e. The summed E-state index contributed by atoms with van der Waals surface area (Å²) in [5.41, 5.74) is -2.60. The number of nitrogens with one attached hydrogen (secondary N) is 1. The molecule has 26 heavy (non-hydrogen) atoms. The van der Waals surface area contributed by atoms with Gasteiger partial charge in [0.25, 0.3) is 6.43 Å². The summed E-state index contributed by atoms with van der Waals surface area (Å²) in [7, 11) is -4.98. The van der Waals surface area contributed by atoms with Gasteiger partial charge in [-0.05, 0) is 12.1 Å². The Morgan fingerprint density at radius 3 is 2.19 bits per heavy atom. The molecule has 4 nitrogen and oxygen atoms in total. The van der Waals surface area contributed by atoms with Crippen molar-refractivity contribution in [3.63, 3.8) is 0 Å². The van der Waals surface area contributed by atoms with E-state index in [0.717, 1.165) is 0 Å². The van der Waals surface area contributed by atoms with E-state index in [2.05, 4.69) is 0 Å². The second kappa shape index (κ2) is 5.73. The SMILES string of the molecule is N=S1(=O)c2ccc(Oc3cc(F)cc(F)c3)c(C(F)F)c2C(=O)C1(F)F. The van der Waals surface area contributed by atoms with Crippen LogP contribution in [0.15, 0.2) is 35.2 Å². The topological polar surface area (TPSA) is 67.2 Å². The van der Waals surface area contributed by atoms with E-state index in [0.29, 0.717) is 30.3 Å². The van der Waals surface area contributed by atoms with Crippen LogP contribution in [0.1, 0.15) is 22.3 Å². The Balaban J connectivity index is 2.22. The number of benzene rings is 2. The van der Waals surface area contributed by atoms with Crippen LogP contribution in [-0.2, 0) is 9.73 Å². The first-order valence-corrected chi connectivity index (χ1v) is 8.32. The van der Waals surface area contributed by atoms with Gasteiger partial charge in [0.1, 0.15) is 32.9 Å². The van der Waals surface area contributed by atoms with Crippen LogP contribution < -0.4 is 4.74 Å². The molecule has 1 aliphatic heterocycles. The second-order valence-corrected chi connectivity index (χ2v) is 7.33. The number of carbonyl (C=O) groups excluding carboxylic acids is 1. The van der Waals surface area contributed by atoms with Crippen LogP contribution in [0.4, 0.5) is 26.3 Å². The van der Waals surface area contributed by atoms with Gasteiger partial charge in [-0.1, -0.05) is 0 Å². The van der Waals surface area contributed by atoms with Crippen molar-refractivity contribution in [2.24, 2.45) is 0 Å². The molecule has 0 bridgehead atoms. The summed E-state index contributed by atoms with van der Waals surface area (Å²) in [6.45, 7) is 0. The van der Waals surface area contributed by atoms with Gasteiger partial charge in [0.05, 0.1) is 16.0 Å². The van der Waals surface area contributed by atoms with Crippen LogP contribution in [0, 0.1) is 16.4 Å². The molecule has 0 fully saturated rings. The van der Waals surface area contributed by atoms with Crippen LogP contribution >= 0.6 is 0 Å². The molecule has 0 aromatic heterocycles. The predicted molar refractivity (Wildman–Crippen MR) is 76.2 cm³/mol. The average molecular weight is 395 g/mol. The number of rotatable bonds is 3. The molecule has 1 atom stereocenters. The number of halogens is 6. The first-order valence-electron chi connectivity index (χ1n) is 6.77. The average Bonchev–Trinajstić information content (AvgIpc) is 2.64. The van der Waals surface area contributed by atoms with Crippen molar-refractivity contribution in [2.45, 2.75) is 16.6 Å². The molecule has 1 aliphatic rings. The van der Waals surface area contributed by atoms with Crippen molar-refractivity contribution in [3.8, 4) is 11.5 Å². The van der Waals surface area contributed by atoms with Crippen LogP contribution in [0.5, 0.6) is 11.5 Å². The molecule has 0 radical (unpaired) electrons. The zero-order valence-electron chi connectivity index (χ0n) is 12.4. The Bertz CT molecular complexity index is 1020. The van der Waals surface area contributed by atoms with Crippen molar-refractivity contribution in [2.75, 3.05) is 0 Å². The third-order valence-corrected chi connectivity index (χ3v) is 5.48. The highest BCUT2D eigenvalue weighted by atomic mass is 32.2. The van der Waals surface area contributed by atoms with Gasteiger partial charge in [0.2, 0.25) is 5.78 Å². The van der Waals surface area contributed by atoms with Gasteiger partial charge in [-0.2, -0.15) is 8.78 Å². The van der Waals surface area contributed by atoms with Crippen molar-refractivity contribution < 1.29 is 40.1 Å². The van der Waals surface area contributed by atoms with Gasteiger partial charge in [0, 0.05) is 18.2 Å². The van der Waals surface area contributed by atoms with Crippen molar-refractivity contribution in [1.29, 1.82) is 4.78 Å². The molecule has 0 amide bonds. The molecule has 1 unspecified atom stereocenters. The van der Waals surface area contributed by atoms with Gasteiger partial charge >= 0.3 is 5.25 Å². The van der Waals surface area contributed by atoms with Crippen LogP contribution in [0.2, 0.25) is 0 Å². The molecule has 0 aliphatic carbocycles. The predicted octanol–water partition coefficient (Wildman–Crippen LogP) is 4.89. The maximum atomic E-state index is 13.8. The highest BCUT2D eigenvalue weighted by Gasteiger charge is 2.59. The van der Waals surface area contributed by atoms with Crippen LogP contribution in [0.25, 0.3) is 0 Å². The summed E-state index contributed by atoms with van der Waals surface area (Å²) in [4.78, 5) is 10.8. The second-order valence-electron chi connectivity index (χ2n) is 5.26. The number of hydrogen-bond donors (Lipinski definition) is 1. The fourth-order valence-electron chi connectivity index (χ4n) is 2.49. The summed E-state index contributed by atoms with van der Waals surface area (Å²) >= 11 is 0. The van der Waals surface area contributed by atoms with E-state index in [1.807, 2.05) is 0 Å². The first-order chi connectivity index (χ1) is 12.0. The molecule has 2 aromatic carbocycles. The summed E-state index contributed by atoms with van der Waals surface area (Å²) in [5.74, 6) is -5.76. The lowest BCUT2D eigenvalue weighted by atomic mass is 10.0. The van der Waals surface area contributed by atoms with Gasteiger partial charge in [0.15, 0.2) is 0 Å². The van der Waals surface area contributed by atoms with Gasteiger partial charge in [-0.15, -0.1) is 0 Å². The van der Waals surface area contributed by atoms with E-state index >= 15 is 0 Å². The van der Waals surface area contributed by atoms with Gasteiger partial charge < -0.3 is 4.74 Å². The lowest BCUT2D eigenvalue weighted by Crippen LogP contribution is -2.30. The minimum Gasteiger partial charge on any atom is -0.457 e. The van der Waals surface area contributed by atoms with E-state index < -0.39 is 66.3 Å². The third kappa shape index (κ3) is 2.54. The highest BCUT2D eigenvalue weighted by molar-refractivity contribution is 7.95. The van der Waals surface area contributed by atoms with Crippen LogP contribution in [-0.4, -0.2) is 15.2 Å². The molecule has 3 rings (SSSR count). The monoisotopic (exact) mass is 395 g/mol. The fraction of sp³-hybridized carbons (Fsp3) is 0.133. The summed E-state index contributed by atoms with van der Waals surface area (Å²) in [6, 6.07) is 3.10. The molecule has 0 saturated heterocycles. The molecular formula is C15H7F6NO3S. The minimum atomic E-state index is -4.98. The van der Waals surface area contributed by atoms with Gasteiger partial charge in [-0.25, -0.2) is 26.6 Å². The number of alkyl halides is 4. The number of carbonyl (C=O) groups is 1. The molecule has 1 N–H and O–H groups in total. The molecule has 0 saturated carbocycles. The maximum Gasteiger partial charge on any atom is 0.394 e. The summed E-state index contributed by atoms with van der Waals surface area (Å²) in [5, 5.41) is -4.68. The standard InChI is InChI=1S/C15H7F6NO3S/c16-6-3-7(17)5-8(4-6)25-9-1-2-10-12(11(9)14(18)19)13(23)15(20,21)26(10,22)24/h1-5,14,22H. The lowest BCUT2D eigenvalue weighted by molar-refractivity contribution is 0.0551. The lowest BCUT2D eigenvalue weighted by Gasteiger charge is -2.13. The molecule has 2 aromatic rings. The van der Waals surface area contributed by atoms with E-state index in [9.17, 15) is 35.3 Å². The van der Waals surface area contributed by atoms with E-state index in [1.165, 1.54) is 0 Å². The summed E-state index contributed by atoms with van der Waals surface area (Å²) in [6.07, 6.45) is -3.52. The van der Waals surface area contributed by atoms with Crippen LogP contribution in [0.3, 0.4) is 0 Å². The number of Topliss-reactive ketones (excluding diaryl/α,β-unsaturated/α-hetero) is 1. The minimum absolute atomic E-state index is 0.489. The fourth-order valence-corrected chi connectivity index (χ4v) is 3.88. The van der Waals surface area contributed by atoms with E-state index in [4.69, 9.17) is 9.52 Å². The maximum absolute atomic E-state index is 13.8. The Morgan fingerprint density at radius 2 is 1.65 bits per heavy atom. The Hall–Kier alpha value is -2.56. The Morgan fingerprint density at radius 1 is 1.08 bits per heavy atom. The number of ether oxygens (including phenoxy) is 1. The number of hydrogen-bond acceptors (Lipinski definition) is 4. The Labute approximate surface area is 142 Å². The van der Waals surface area contributed by atoms with Crippen molar-refractivity contribution >= 4 is 15.5 Å². The van der Waals surface area contributed by atoms with Crippen molar-refractivity contribution in [1.82, 2.24) is 0 Å². The Kier molecular flexibility index (Phi) is 4.02. The number of ketones is 1. The molecule has 0 spiro atoms. The first kappa shape index (κ1) is 18.2. The zero-order chi connectivity index (χ0) is 19.4. The third-order valence-electron chi connectivity index (χ3n) is 3.61. The molecule has 11 heteroatoms. The van der Waals surface area contributed by atoms with Crippen molar-refractivity contribution in [3.05, 3.63) is 53.1 Å². The van der Waals surface area contributed by atoms with Gasteiger partial charge in [-0.3, -0.25) is 4.79 Å². The number of fused-ring (bicyclic) bond motifs is 1. The largest absolute Gasteiger partial charge is 0.457 e. The van der Waals surface area contributed by atoms with E-state index in [1.54, 1.807) is 0 Å². The molecule has 1 heterocycles. The molecule has 138 valence electrons. The normalized spacial score (nSPS) is 21.1. The highest BCUT2D eigenvalue weighted by Crippen LogP contribution is 2.48.